The highest BCUT2D eigenvalue weighted by Gasteiger charge is 2.24. The van der Waals surface area contributed by atoms with Gasteiger partial charge < -0.3 is 28.4 Å². The fourth-order valence-electron chi connectivity index (χ4n) is 5.87. The van der Waals surface area contributed by atoms with Gasteiger partial charge in [-0.3, -0.25) is 9.97 Å². The molecule has 8 heterocycles. The van der Waals surface area contributed by atoms with Crippen LogP contribution in [0.2, 0.25) is 0 Å². The average Bonchev–Trinajstić information content (AvgIpc) is 3.98. The van der Waals surface area contributed by atoms with E-state index < -0.39 is 0 Å². The van der Waals surface area contributed by atoms with Crippen LogP contribution in [0.4, 0.5) is 0 Å². The second-order valence-electron chi connectivity index (χ2n) is 11.9. The highest BCUT2D eigenvalue weighted by Crippen LogP contribution is 2.51. The van der Waals surface area contributed by atoms with Gasteiger partial charge in [-0.15, -0.1) is 45.3 Å². The van der Waals surface area contributed by atoms with Crippen molar-refractivity contribution in [1.29, 1.82) is 0 Å². The summed E-state index contributed by atoms with van der Waals surface area (Å²) in [7, 11) is 0. The minimum atomic E-state index is 0.582. The molecule has 0 amide bonds. The Bertz CT molecular complexity index is 1850. The van der Waals surface area contributed by atoms with Crippen LogP contribution >= 0.6 is 45.3 Å². The Balaban J connectivity index is 0.748. The number of unbranched alkanes of at least 4 members (excludes halogenated alkanes) is 2. The Labute approximate surface area is 307 Å². The van der Waals surface area contributed by atoms with Crippen LogP contribution in [0.25, 0.3) is 30.9 Å². The van der Waals surface area contributed by atoms with Crippen LogP contribution in [-0.2, 0) is 12.8 Å². The molecular weight excluding hydrogens is 709 g/mol. The molecule has 0 radical (unpaired) electrons. The van der Waals surface area contributed by atoms with E-state index in [0.717, 1.165) is 104 Å². The van der Waals surface area contributed by atoms with Gasteiger partial charge in [0.05, 0.1) is 44.1 Å². The predicted octanol–water partition coefficient (Wildman–Crippen LogP) is 10.1. The summed E-state index contributed by atoms with van der Waals surface area (Å²) >= 11 is 6.64. The smallest absolute Gasteiger partial charge is 0.180 e. The number of rotatable bonds is 15. The Kier molecular flexibility index (Phi) is 10.5. The molecule has 2 aliphatic rings. The molecule has 6 aromatic heterocycles. The third-order valence-electron chi connectivity index (χ3n) is 8.42. The molecule has 0 atom stereocenters. The van der Waals surface area contributed by atoms with Crippen molar-refractivity contribution in [3.63, 3.8) is 0 Å². The van der Waals surface area contributed by atoms with E-state index in [-0.39, 0.29) is 0 Å². The van der Waals surface area contributed by atoms with Gasteiger partial charge in [0, 0.05) is 23.2 Å². The van der Waals surface area contributed by atoms with Crippen LogP contribution in [0, 0.1) is 0 Å². The molecule has 0 spiro atoms. The number of ether oxygens (including phenoxy) is 6. The minimum absolute atomic E-state index is 0.582. The first-order valence-electron chi connectivity index (χ1n) is 16.9. The summed E-state index contributed by atoms with van der Waals surface area (Å²) in [5.74, 6) is 5.18. The van der Waals surface area contributed by atoms with Crippen molar-refractivity contribution >= 4 is 45.3 Å². The SMILES string of the molecule is c1cc(OCCCCc2ccc(-c3ccc(CCCCOc4ccsc4-c4scc5c4OCCO5)cn3)nc2)c(-c2scc3c2OCCO3)s1. The fraction of sp³-hybridized carbons (Fsp3) is 0.316. The van der Waals surface area contributed by atoms with Gasteiger partial charge in [-0.05, 0) is 84.7 Å². The van der Waals surface area contributed by atoms with E-state index in [2.05, 4.69) is 35.0 Å². The van der Waals surface area contributed by atoms with Crippen LogP contribution in [0.3, 0.4) is 0 Å². The van der Waals surface area contributed by atoms with E-state index in [0.29, 0.717) is 39.6 Å². The lowest BCUT2D eigenvalue weighted by atomic mass is 10.1. The van der Waals surface area contributed by atoms with Crippen LogP contribution in [-0.4, -0.2) is 49.6 Å². The van der Waals surface area contributed by atoms with Gasteiger partial charge in [-0.2, -0.15) is 0 Å². The Morgan fingerprint density at radius 1 is 0.520 bits per heavy atom. The van der Waals surface area contributed by atoms with E-state index in [4.69, 9.17) is 38.4 Å². The quantitative estimate of drug-likeness (QED) is 0.0962. The zero-order chi connectivity index (χ0) is 33.5. The summed E-state index contributed by atoms with van der Waals surface area (Å²) < 4.78 is 35.6. The molecule has 50 heavy (non-hydrogen) atoms. The molecule has 0 aliphatic carbocycles. The van der Waals surface area contributed by atoms with E-state index in [1.54, 1.807) is 45.3 Å². The summed E-state index contributed by atoms with van der Waals surface area (Å²) in [4.78, 5) is 13.8. The molecule has 0 aromatic carbocycles. The van der Waals surface area contributed by atoms with Crippen molar-refractivity contribution < 1.29 is 28.4 Å². The number of pyridine rings is 2. The number of thiophene rings is 4. The maximum absolute atomic E-state index is 6.18. The maximum Gasteiger partial charge on any atom is 0.180 e. The van der Waals surface area contributed by atoms with Crippen molar-refractivity contribution in [2.75, 3.05) is 39.6 Å². The summed E-state index contributed by atoms with van der Waals surface area (Å²) in [5.41, 5.74) is 4.22. The Morgan fingerprint density at radius 2 is 1.00 bits per heavy atom. The van der Waals surface area contributed by atoms with E-state index in [9.17, 15) is 0 Å². The monoisotopic (exact) mass is 744 g/mol. The van der Waals surface area contributed by atoms with Gasteiger partial charge in [0.25, 0.3) is 0 Å². The zero-order valence-electron chi connectivity index (χ0n) is 27.4. The molecule has 0 unspecified atom stereocenters. The number of aromatic nitrogens is 2. The molecule has 0 saturated heterocycles. The predicted molar refractivity (Wildman–Crippen MR) is 202 cm³/mol. The average molecular weight is 745 g/mol. The molecule has 258 valence electrons. The molecule has 8 rings (SSSR count). The van der Waals surface area contributed by atoms with E-state index in [1.807, 2.05) is 35.3 Å². The zero-order valence-corrected chi connectivity index (χ0v) is 30.7. The normalized spacial score (nSPS) is 13.4. The fourth-order valence-corrected chi connectivity index (χ4v) is 9.73. The molecule has 0 fully saturated rings. The summed E-state index contributed by atoms with van der Waals surface area (Å²) in [5, 5.41) is 8.17. The Morgan fingerprint density at radius 3 is 1.46 bits per heavy atom. The highest BCUT2D eigenvalue weighted by molar-refractivity contribution is 7.21. The van der Waals surface area contributed by atoms with E-state index in [1.165, 1.54) is 11.1 Å². The molecule has 0 N–H and O–H groups in total. The van der Waals surface area contributed by atoms with Crippen LogP contribution in [0.1, 0.15) is 36.8 Å². The van der Waals surface area contributed by atoms with Crippen molar-refractivity contribution in [3.8, 4) is 65.4 Å². The topological polar surface area (TPSA) is 81.2 Å². The van der Waals surface area contributed by atoms with Gasteiger partial charge >= 0.3 is 0 Å². The number of aryl methyl sites for hydroxylation is 2. The van der Waals surface area contributed by atoms with Crippen LogP contribution in [0.15, 0.2) is 70.3 Å². The molecule has 0 bridgehead atoms. The van der Waals surface area contributed by atoms with Gasteiger partial charge in [0.15, 0.2) is 23.0 Å². The largest absolute Gasteiger partial charge is 0.492 e. The van der Waals surface area contributed by atoms with Gasteiger partial charge in [0.2, 0.25) is 0 Å². The number of hydrogen-bond acceptors (Lipinski definition) is 12. The van der Waals surface area contributed by atoms with Crippen LogP contribution < -0.4 is 28.4 Å². The van der Waals surface area contributed by atoms with Gasteiger partial charge in [-0.25, -0.2) is 0 Å². The Hall–Kier alpha value is -4.10. The van der Waals surface area contributed by atoms with Gasteiger partial charge in [-0.1, -0.05) is 12.1 Å². The number of fused-ring (bicyclic) bond motifs is 2. The summed E-state index contributed by atoms with van der Waals surface area (Å²) in [6.45, 7) is 3.70. The first-order valence-corrected chi connectivity index (χ1v) is 20.4. The van der Waals surface area contributed by atoms with Crippen molar-refractivity contribution in [2.45, 2.75) is 38.5 Å². The molecule has 12 heteroatoms. The van der Waals surface area contributed by atoms with Crippen molar-refractivity contribution in [2.24, 2.45) is 0 Å². The standard InChI is InChI=1S/C38H36N2O6S4/c1(3-13-41-29-11-19-47-35(29)37-33-31(23-49-37)43-15-17-45-33)5-25-7-9-27(39-21-25)28-10-8-26(22-40-28)6-2-4-14-42-30-12-20-48-36(30)38-34-32(24-50-38)44-16-18-46-34/h7-12,19-24H,1-6,13-18H2. The first kappa shape index (κ1) is 33.1. The number of hydrogen-bond donors (Lipinski definition) is 0. The second-order valence-corrected chi connectivity index (χ2v) is 15.4. The lowest BCUT2D eigenvalue weighted by Gasteiger charge is -2.16. The highest BCUT2D eigenvalue weighted by atomic mass is 32.1. The van der Waals surface area contributed by atoms with Crippen LogP contribution in [0.5, 0.6) is 34.5 Å². The minimum Gasteiger partial charge on any atom is -0.492 e. The third-order valence-corrected chi connectivity index (χ3v) is 12.4. The molecule has 0 saturated carbocycles. The lowest BCUT2D eigenvalue weighted by Crippen LogP contribution is -2.14. The summed E-state index contributed by atoms with van der Waals surface area (Å²) in [6, 6.07) is 12.5. The molecule has 6 aromatic rings. The van der Waals surface area contributed by atoms with E-state index >= 15 is 0 Å². The first-order chi connectivity index (χ1) is 24.8. The molecule has 2 aliphatic heterocycles. The molecule has 8 nitrogen and oxygen atoms in total. The van der Waals surface area contributed by atoms with Gasteiger partial charge in [0.1, 0.15) is 37.9 Å². The number of nitrogens with zero attached hydrogens (tertiary/aromatic N) is 2. The lowest BCUT2D eigenvalue weighted by molar-refractivity contribution is 0.174. The summed E-state index contributed by atoms with van der Waals surface area (Å²) in [6.07, 6.45) is 9.84. The third kappa shape index (κ3) is 7.48. The molecular formula is C38H36N2O6S4. The maximum atomic E-state index is 6.18. The second kappa shape index (κ2) is 15.8. The van der Waals surface area contributed by atoms with Crippen molar-refractivity contribution in [1.82, 2.24) is 9.97 Å². The van der Waals surface area contributed by atoms with Crippen molar-refractivity contribution in [3.05, 3.63) is 81.4 Å².